The van der Waals surface area contributed by atoms with Crippen LogP contribution in [0.1, 0.15) is 18.9 Å². The van der Waals surface area contributed by atoms with Crippen LogP contribution in [0.15, 0.2) is 24.3 Å². The van der Waals surface area contributed by atoms with E-state index in [0.29, 0.717) is 44.2 Å². The van der Waals surface area contributed by atoms with Crippen LogP contribution in [0.4, 0.5) is 0 Å². The first-order valence-electron chi connectivity index (χ1n) is 7.98. The molecule has 0 atom stereocenters. The summed E-state index contributed by atoms with van der Waals surface area (Å²) < 4.78 is 5.17. The van der Waals surface area contributed by atoms with E-state index in [0.717, 1.165) is 12.0 Å². The minimum absolute atomic E-state index is 0.00717. The van der Waals surface area contributed by atoms with Crippen LogP contribution in [0.5, 0.6) is 0 Å². The highest BCUT2D eigenvalue weighted by molar-refractivity contribution is 6.31. The van der Waals surface area contributed by atoms with Crippen molar-refractivity contribution in [3.63, 3.8) is 0 Å². The monoisotopic (exact) mass is 338 g/mol. The molecule has 6 heteroatoms. The van der Waals surface area contributed by atoms with Crippen LogP contribution in [0.3, 0.4) is 0 Å². The third-order valence-corrected chi connectivity index (χ3v) is 4.30. The second kappa shape index (κ2) is 8.89. The van der Waals surface area contributed by atoms with E-state index >= 15 is 0 Å². The minimum atomic E-state index is -0.00717. The van der Waals surface area contributed by atoms with Crippen molar-refractivity contribution in [3.8, 4) is 0 Å². The molecular weight excluding hydrogens is 316 g/mol. The number of ether oxygens (including phenoxy) is 1. The van der Waals surface area contributed by atoms with Gasteiger partial charge in [0.05, 0.1) is 6.42 Å². The molecule has 1 aromatic carbocycles. The van der Waals surface area contributed by atoms with Crippen molar-refractivity contribution in [3.05, 3.63) is 34.9 Å². The lowest BCUT2D eigenvalue weighted by Gasteiger charge is -2.22. The topological polar surface area (TPSA) is 49.9 Å². The molecule has 23 heavy (non-hydrogen) atoms. The van der Waals surface area contributed by atoms with E-state index in [2.05, 4.69) is 0 Å². The predicted octanol–water partition coefficient (Wildman–Crippen LogP) is 1.98. The van der Waals surface area contributed by atoms with E-state index in [1.165, 1.54) is 0 Å². The van der Waals surface area contributed by atoms with Gasteiger partial charge in [-0.3, -0.25) is 9.59 Å². The summed E-state index contributed by atoms with van der Waals surface area (Å²) >= 11 is 6.12. The summed E-state index contributed by atoms with van der Waals surface area (Å²) in [5, 5.41) is 0.615. The molecule has 126 valence electrons. The Labute approximate surface area is 142 Å². The van der Waals surface area contributed by atoms with Gasteiger partial charge < -0.3 is 14.5 Å². The Bertz CT molecular complexity index is 550. The first kappa shape index (κ1) is 17.8. The standard InChI is InChI=1S/C17H23ClN2O3/c1-2-23-13-17(22)20-9-5-8-19(10-11-20)16(21)12-14-6-3-4-7-15(14)18/h3-4,6-7H,2,5,8-13H2,1H3. The molecule has 1 aromatic rings. The van der Waals surface area contributed by atoms with Gasteiger partial charge in [0.1, 0.15) is 6.61 Å². The van der Waals surface area contributed by atoms with Crippen LogP contribution < -0.4 is 0 Å². The Morgan fingerprint density at radius 2 is 1.74 bits per heavy atom. The van der Waals surface area contributed by atoms with Gasteiger partial charge in [0.2, 0.25) is 11.8 Å². The summed E-state index contributed by atoms with van der Waals surface area (Å²) in [7, 11) is 0. The molecule has 2 rings (SSSR count). The zero-order valence-corrected chi connectivity index (χ0v) is 14.2. The second-order valence-electron chi connectivity index (χ2n) is 5.52. The summed E-state index contributed by atoms with van der Waals surface area (Å²) in [5.41, 5.74) is 0.840. The summed E-state index contributed by atoms with van der Waals surface area (Å²) in [6.07, 6.45) is 1.08. The summed E-state index contributed by atoms with van der Waals surface area (Å²) in [4.78, 5) is 28.1. The van der Waals surface area contributed by atoms with Crippen LogP contribution in [-0.2, 0) is 20.7 Å². The van der Waals surface area contributed by atoms with Crippen LogP contribution >= 0.6 is 11.6 Å². The molecule has 5 nitrogen and oxygen atoms in total. The minimum Gasteiger partial charge on any atom is -0.372 e. The predicted molar refractivity (Wildman–Crippen MR) is 89.4 cm³/mol. The summed E-state index contributed by atoms with van der Waals surface area (Å²) in [6.45, 7) is 4.96. The third kappa shape index (κ3) is 5.22. The smallest absolute Gasteiger partial charge is 0.248 e. The Kier molecular flexibility index (Phi) is 6.86. The van der Waals surface area contributed by atoms with Crippen molar-refractivity contribution < 1.29 is 14.3 Å². The van der Waals surface area contributed by atoms with Gasteiger partial charge in [-0.15, -0.1) is 0 Å². The van der Waals surface area contributed by atoms with Gasteiger partial charge in [0, 0.05) is 37.8 Å². The number of halogens is 1. The van der Waals surface area contributed by atoms with Gasteiger partial charge in [-0.25, -0.2) is 0 Å². The van der Waals surface area contributed by atoms with Crippen molar-refractivity contribution >= 4 is 23.4 Å². The molecule has 1 heterocycles. The molecular formula is C17H23ClN2O3. The number of nitrogens with zero attached hydrogens (tertiary/aromatic N) is 2. The average Bonchev–Trinajstić information content (AvgIpc) is 2.81. The average molecular weight is 339 g/mol. The number of carbonyl (C=O) groups excluding carboxylic acids is 2. The molecule has 0 aliphatic carbocycles. The molecule has 1 saturated heterocycles. The van der Waals surface area contributed by atoms with Gasteiger partial charge in [-0.05, 0) is 25.0 Å². The molecule has 0 spiro atoms. The van der Waals surface area contributed by atoms with Gasteiger partial charge in [-0.2, -0.15) is 0 Å². The fourth-order valence-electron chi connectivity index (χ4n) is 2.61. The Morgan fingerprint density at radius 1 is 1.09 bits per heavy atom. The molecule has 1 aliphatic rings. The molecule has 1 aliphatic heterocycles. The molecule has 0 bridgehead atoms. The molecule has 1 fully saturated rings. The van der Waals surface area contributed by atoms with E-state index in [1.807, 2.05) is 30.0 Å². The normalized spacial score (nSPS) is 15.4. The molecule has 0 saturated carbocycles. The summed E-state index contributed by atoms with van der Waals surface area (Å²) in [5.74, 6) is 0.0458. The number of hydrogen-bond acceptors (Lipinski definition) is 3. The van der Waals surface area contributed by atoms with E-state index < -0.39 is 0 Å². The van der Waals surface area contributed by atoms with E-state index in [4.69, 9.17) is 16.3 Å². The highest BCUT2D eigenvalue weighted by Crippen LogP contribution is 2.16. The number of carbonyl (C=O) groups is 2. The molecule has 0 aromatic heterocycles. The molecule has 0 radical (unpaired) electrons. The Morgan fingerprint density at radius 3 is 2.39 bits per heavy atom. The number of hydrogen-bond donors (Lipinski definition) is 0. The number of benzene rings is 1. The fourth-order valence-corrected chi connectivity index (χ4v) is 2.82. The first-order chi connectivity index (χ1) is 11.1. The quantitative estimate of drug-likeness (QED) is 0.825. The van der Waals surface area contributed by atoms with Crippen LogP contribution in [0, 0.1) is 0 Å². The van der Waals surface area contributed by atoms with Crippen molar-refractivity contribution in [2.75, 3.05) is 39.4 Å². The number of rotatable bonds is 5. The maximum Gasteiger partial charge on any atom is 0.248 e. The Balaban J connectivity index is 1.88. The maximum absolute atomic E-state index is 12.5. The summed E-state index contributed by atoms with van der Waals surface area (Å²) in [6, 6.07) is 7.39. The molecule has 0 unspecified atom stereocenters. The van der Waals surface area contributed by atoms with Crippen molar-refractivity contribution in [2.24, 2.45) is 0 Å². The van der Waals surface area contributed by atoms with Gasteiger partial charge in [0.15, 0.2) is 0 Å². The second-order valence-corrected chi connectivity index (χ2v) is 5.93. The third-order valence-electron chi connectivity index (χ3n) is 3.93. The lowest BCUT2D eigenvalue weighted by atomic mass is 10.1. The van der Waals surface area contributed by atoms with E-state index in [-0.39, 0.29) is 18.4 Å². The van der Waals surface area contributed by atoms with Crippen molar-refractivity contribution in [1.29, 1.82) is 0 Å². The van der Waals surface area contributed by atoms with Crippen LogP contribution in [0.25, 0.3) is 0 Å². The lowest BCUT2D eigenvalue weighted by molar-refractivity contribution is -0.136. The molecule has 0 N–H and O–H groups in total. The largest absolute Gasteiger partial charge is 0.372 e. The highest BCUT2D eigenvalue weighted by atomic mass is 35.5. The van der Waals surface area contributed by atoms with Gasteiger partial charge >= 0.3 is 0 Å². The first-order valence-corrected chi connectivity index (χ1v) is 8.36. The zero-order chi connectivity index (χ0) is 16.7. The maximum atomic E-state index is 12.5. The highest BCUT2D eigenvalue weighted by Gasteiger charge is 2.22. The molecule has 2 amide bonds. The van der Waals surface area contributed by atoms with Crippen molar-refractivity contribution in [2.45, 2.75) is 19.8 Å². The van der Waals surface area contributed by atoms with E-state index in [1.54, 1.807) is 11.0 Å². The van der Waals surface area contributed by atoms with Gasteiger partial charge in [0.25, 0.3) is 0 Å². The van der Waals surface area contributed by atoms with E-state index in [9.17, 15) is 9.59 Å². The zero-order valence-electron chi connectivity index (χ0n) is 13.5. The van der Waals surface area contributed by atoms with Crippen LogP contribution in [0.2, 0.25) is 5.02 Å². The van der Waals surface area contributed by atoms with Crippen molar-refractivity contribution in [1.82, 2.24) is 9.80 Å². The lowest BCUT2D eigenvalue weighted by Crippen LogP contribution is -2.39. The van der Waals surface area contributed by atoms with Crippen LogP contribution in [-0.4, -0.2) is 61.0 Å². The SMILES string of the molecule is CCOCC(=O)N1CCCN(C(=O)Cc2ccccc2Cl)CC1. The fraction of sp³-hybridized carbons (Fsp3) is 0.529. The Hall–Kier alpha value is -1.59. The van der Waals surface area contributed by atoms with Gasteiger partial charge in [-0.1, -0.05) is 29.8 Å². The number of amides is 2.